The number of hydrogen-bond donors (Lipinski definition) is 7. The zero-order valence-corrected chi connectivity index (χ0v) is 24.4. The van der Waals surface area contributed by atoms with Crippen LogP contribution in [0, 0.1) is 0 Å². The average Bonchev–Trinajstić information content (AvgIpc) is 3.20. The molecule has 2 aromatic carbocycles. The third-order valence-electron chi connectivity index (χ3n) is 7.27. The third-order valence-corrected chi connectivity index (χ3v) is 7.27. The maximum absolute atomic E-state index is 13.4. The van der Waals surface area contributed by atoms with E-state index in [2.05, 4.69) is 10.6 Å². The summed E-state index contributed by atoms with van der Waals surface area (Å²) in [5.41, 5.74) is 16.5. The van der Waals surface area contributed by atoms with Crippen LogP contribution in [-0.4, -0.2) is 78.1 Å². The smallest absolute Gasteiger partial charge is 0.423 e. The maximum Gasteiger partial charge on any atom is 0.492 e. The number of nitrogens with two attached hydrogens (primary N) is 3. The van der Waals surface area contributed by atoms with Gasteiger partial charge in [0.15, 0.2) is 0 Å². The molecule has 16 heteroatoms. The van der Waals surface area contributed by atoms with Crippen molar-refractivity contribution in [3.8, 4) is 0 Å². The number of hydrogen-bond acceptors (Lipinski definition) is 9. The van der Waals surface area contributed by atoms with Crippen molar-refractivity contribution in [1.29, 1.82) is 0 Å². The summed E-state index contributed by atoms with van der Waals surface area (Å²) in [7, 11) is -1.25. The molecule has 0 saturated carbocycles. The molecule has 0 aliphatic carbocycles. The van der Waals surface area contributed by atoms with Crippen LogP contribution in [-0.2, 0) is 30.8 Å². The predicted octanol–water partition coefficient (Wildman–Crippen LogP) is -0.331. The number of aliphatic hydroxyl groups excluding tert-OH is 1. The second-order valence-corrected chi connectivity index (χ2v) is 10.9. The molecule has 240 valence electrons. The van der Waals surface area contributed by atoms with Gasteiger partial charge in [0.25, 0.3) is 0 Å². The quantitative estimate of drug-likeness (QED) is 0.146. The second kappa shape index (κ2) is 14.5. The molecule has 1 heterocycles. The number of carbonyl (C=O) groups is 3. The molecule has 3 rings (SSSR count). The fourth-order valence-electron chi connectivity index (χ4n) is 4.87. The SMILES string of the molecule is CC1(C)OB(O)c2cc(NC(=O)C(NC(=O)C(N)CCC(=O)N(CCN)CCN)C(O)c3ccc(C(F)(F)F)cc3)ccc21. The standard InChI is InChI=1S/C28H38BF3N6O6/c1-27(2)19-8-7-18(15-20(19)29(43)44-27)36-26(42)23(24(40)16-3-5-17(6-4-16)28(30,31)32)37-25(41)21(35)9-10-22(39)38(13-11-33)14-12-34/h3-8,15,21,23-24,40,43H,9-14,33-35H2,1-2H3,(H,36,42)(H,37,41). The summed E-state index contributed by atoms with van der Waals surface area (Å²) in [6.45, 7) is 4.48. The lowest BCUT2D eigenvalue weighted by Crippen LogP contribution is -2.52. The van der Waals surface area contributed by atoms with E-state index in [-0.39, 0.29) is 56.2 Å². The van der Waals surface area contributed by atoms with Crippen LogP contribution in [0.15, 0.2) is 42.5 Å². The number of amides is 3. The lowest BCUT2D eigenvalue weighted by molar-refractivity contribution is -0.137. The highest BCUT2D eigenvalue weighted by Gasteiger charge is 2.41. The van der Waals surface area contributed by atoms with Gasteiger partial charge in [-0.05, 0) is 61.1 Å². The molecule has 3 amide bonds. The van der Waals surface area contributed by atoms with E-state index in [0.29, 0.717) is 11.0 Å². The van der Waals surface area contributed by atoms with Crippen molar-refractivity contribution in [2.24, 2.45) is 17.2 Å². The number of benzene rings is 2. The highest BCUT2D eigenvalue weighted by atomic mass is 19.4. The van der Waals surface area contributed by atoms with Gasteiger partial charge in [0, 0.05) is 38.3 Å². The Morgan fingerprint density at radius 1 is 1.05 bits per heavy atom. The van der Waals surface area contributed by atoms with Crippen LogP contribution in [0.2, 0.25) is 0 Å². The molecule has 0 bridgehead atoms. The van der Waals surface area contributed by atoms with Crippen LogP contribution in [0.4, 0.5) is 18.9 Å². The first-order valence-corrected chi connectivity index (χ1v) is 14.0. The lowest BCUT2D eigenvalue weighted by atomic mass is 9.78. The number of nitrogens with zero attached hydrogens (tertiary/aromatic N) is 1. The topological polar surface area (TPSA) is 206 Å². The van der Waals surface area contributed by atoms with Crippen molar-refractivity contribution in [3.05, 3.63) is 59.2 Å². The van der Waals surface area contributed by atoms with E-state index < -0.39 is 54.5 Å². The molecule has 0 aromatic heterocycles. The monoisotopic (exact) mass is 622 g/mol. The van der Waals surface area contributed by atoms with Crippen molar-refractivity contribution in [1.82, 2.24) is 10.2 Å². The van der Waals surface area contributed by atoms with E-state index in [1.807, 2.05) is 0 Å². The van der Waals surface area contributed by atoms with Crippen molar-refractivity contribution < 1.29 is 42.3 Å². The molecular weight excluding hydrogens is 584 g/mol. The van der Waals surface area contributed by atoms with Crippen LogP contribution in [0.3, 0.4) is 0 Å². The van der Waals surface area contributed by atoms with Crippen LogP contribution in [0.25, 0.3) is 0 Å². The minimum Gasteiger partial charge on any atom is -0.423 e. The van der Waals surface area contributed by atoms with Crippen molar-refractivity contribution >= 4 is 36.0 Å². The Kier molecular flexibility index (Phi) is 11.5. The number of carbonyl (C=O) groups excluding carboxylic acids is 3. The number of anilines is 1. The number of nitrogens with one attached hydrogen (secondary N) is 2. The minimum absolute atomic E-state index is 0.0825. The van der Waals surface area contributed by atoms with E-state index in [0.717, 1.165) is 24.3 Å². The van der Waals surface area contributed by atoms with Gasteiger partial charge in [0.05, 0.1) is 17.2 Å². The van der Waals surface area contributed by atoms with Gasteiger partial charge >= 0.3 is 13.3 Å². The molecule has 10 N–H and O–H groups in total. The van der Waals surface area contributed by atoms with Crippen LogP contribution in [0.1, 0.15) is 49.5 Å². The molecule has 2 aromatic rings. The molecule has 0 spiro atoms. The van der Waals surface area contributed by atoms with Gasteiger partial charge < -0.3 is 47.5 Å². The Bertz CT molecular complexity index is 1320. The zero-order chi connectivity index (χ0) is 32.8. The highest BCUT2D eigenvalue weighted by Crippen LogP contribution is 2.32. The Morgan fingerprint density at radius 2 is 1.66 bits per heavy atom. The Balaban J connectivity index is 1.81. The third kappa shape index (κ3) is 8.55. The number of rotatable bonds is 13. The summed E-state index contributed by atoms with van der Waals surface area (Å²) in [6, 6.07) is 5.14. The summed E-state index contributed by atoms with van der Waals surface area (Å²) in [5.74, 6) is -2.12. The van der Waals surface area contributed by atoms with Gasteiger partial charge in [0.1, 0.15) is 12.1 Å². The van der Waals surface area contributed by atoms with E-state index in [9.17, 15) is 37.7 Å². The summed E-state index contributed by atoms with van der Waals surface area (Å²) in [6.07, 6.45) is -6.65. The molecule has 44 heavy (non-hydrogen) atoms. The van der Waals surface area contributed by atoms with Gasteiger partial charge in [-0.15, -0.1) is 0 Å². The molecule has 3 unspecified atom stereocenters. The van der Waals surface area contributed by atoms with Gasteiger partial charge in [-0.1, -0.05) is 18.2 Å². The largest absolute Gasteiger partial charge is 0.492 e. The molecule has 1 aliphatic rings. The van der Waals surface area contributed by atoms with E-state index in [1.54, 1.807) is 19.9 Å². The predicted molar refractivity (Wildman–Crippen MR) is 157 cm³/mol. The summed E-state index contributed by atoms with van der Waals surface area (Å²) >= 11 is 0. The normalized spacial score (nSPS) is 16.1. The summed E-state index contributed by atoms with van der Waals surface area (Å²) in [5, 5.41) is 26.3. The molecular formula is C28H38BF3N6O6. The first-order valence-electron chi connectivity index (χ1n) is 14.0. The second-order valence-electron chi connectivity index (χ2n) is 10.9. The molecule has 3 atom stereocenters. The fourth-order valence-corrected chi connectivity index (χ4v) is 4.87. The first-order chi connectivity index (χ1) is 20.6. The molecule has 0 radical (unpaired) electrons. The number of halogens is 3. The van der Waals surface area contributed by atoms with Gasteiger partial charge in [-0.2, -0.15) is 13.2 Å². The van der Waals surface area contributed by atoms with Crippen LogP contribution in [0.5, 0.6) is 0 Å². The van der Waals surface area contributed by atoms with Gasteiger partial charge in [-0.3, -0.25) is 14.4 Å². The number of aliphatic hydroxyl groups is 1. The Labute approximate surface area is 253 Å². The van der Waals surface area contributed by atoms with Crippen molar-refractivity contribution in [3.63, 3.8) is 0 Å². The fraction of sp³-hybridized carbons (Fsp3) is 0.464. The minimum atomic E-state index is -4.63. The Morgan fingerprint density at radius 3 is 2.23 bits per heavy atom. The highest BCUT2D eigenvalue weighted by molar-refractivity contribution is 6.62. The molecule has 0 fully saturated rings. The van der Waals surface area contributed by atoms with E-state index in [1.165, 1.54) is 17.0 Å². The van der Waals surface area contributed by atoms with Crippen molar-refractivity contribution in [2.45, 2.75) is 56.7 Å². The summed E-state index contributed by atoms with van der Waals surface area (Å²) in [4.78, 5) is 40.5. The molecule has 0 saturated heterocycles. The van der Waals surface area contributed by atoms with Crippen LogP contribution >= 0.6 is 0 Å². The van der Waals surface area contributed by atoms with E-state index >= 15 is 0 Å². The number of fused-ring (bicyclic) bond motifs is 1. The van der Waals surface area contributed by atoms with Gasteiger partial charge in [0.2, 0.25) is 17.7 Å². The van der Waals surface area contributed by atoms with E-state index in [4.69, 9.17) is 21.9 Å². The Hall–Kier alpha value is -3.54. The number of alkyl halides is 3. The lowest BCUT2D eigenvalue weighted by Gasteiger charge is -2.26. The molecule has 12 nitrogen and oxygen atoms in total. The summed E-state index contributed by atoms with van der Waals surface area (Å²) < 4.78 is 44.8. The van der Waals surface area contributed by atoms with Crippen LogP contribution < -0.4 is 33.3 Å². The average molecular weight is 622 g/mol. The maximum atomic E-state index is 13.4. The zero-order valence-electron chi connectivity index (χ0n) is 24.4. The molecule has 1 aliphatic heterocycles. The van der Waals surface area contributed by atoms with Crippen molar-refractivity contribution in [2.75, 3.05) is 31.5 Å². The van der Waals surface area contributed by atoms with Gasteiger partial charge in [-0.25, -0.2) is 0 Å². The first kappa shape index (κ1) is 34.9.